The Hall–Kier alpha value is -3.62. The summed E-state index contributed by atoms with van der Waals surface area (Å²) < 4.78 is 14.4. The van der Waals surface area contributed by atoms with E-state index in [0.717, 1.165) is 0 Å². The SMILES string of the molecule is CCN(C(=O)c1ccc(-n2cncn2)c([N+](=O)[O-])c1)c1ccc(F)cc1. The number of rotatable bonds is 5. The molecule has 3 rings (SSSR count). The van der Waals surface area contributed by atoms with Crippen molar-refractivity contribution in [1.29, 1.82) is 0 Å². The van der Waals surface area contributed by atoms with Crippen molar-refractivity contribution in [3.05, 3.63) is 76.6 Å². The minimum Gasteiger partial charge on any atom is -0.309 e. The molecule has 0 aliphatic heterocycles. The van der Waals surface area contributed by atoms with Crippen LogP contribution >= 0.6 is 0 Å². The van der Waals surface area contributed by atoms with E-state index in [-0.39, 0.29) is 16.9 Å². The highest BCUT2D eigenvalue weighted by molar-refractivity contribution is 6.06. The number of carbonyl (C=O) groups is 1. The van der Waals surface area contributed by atoms with Gasteiger partial charge in [0.15, 0.2) is 0 Å². The molecule has 0 unspecified atom stereocenters. The van der Waals surface area contributed by atoms with E-state index in [2.05, 4.69) is 10.1 Å². The van der Waals surface area contributed by atoms with Crippen LogP contribution in [0.3, 0.4) is 0 Å². The number of halogens is 1. The third-order valence-corrected chi connectivity index (χ3v) is 3.78. The first-order valence-corrected chi connectivity index (χ1v) is 7.72. The molecule has 0 N–H and O–H groups in total. The molecule has 0 radical (unpaired) electrons. The Balaban J connectivity index is 2.00. The van der Waals surface area contributed by atoms with Gasteiger partial charge >= 0.3 is 0 Å². The maximum absolute atomic E-state index is 13.1. The van der Waals surface area contributed by atoms with E-state index in [0.29, 0.717) is 12.2 Å². The van der Waals surface area contributed by atoms with Gasteiger partial charge in [-0.1, -0.05) is 0 Å². The zero-order valence-corrected chi connectivity index (χ0v) is 13.7. The van der Waals surface area contributed by atoms with Gasteiger partial charge < -0.3 is 4.90 Å². The van der Waals surface area contributed by atoms with Crippen LogP contribution in [-0.4, -0.2) is 32.1 Å². The molecule has 0 bridgehead atoms. The molecule has 8 nitrogen and oxygen atoms in total. The van der Waals surface area contributed by atoms with Crippen LogP contribution in [0.2, 0.25) is 0 Å². The minimum absolute atomic E-state index is 0.145. The first kappa shape index (κ1) is 17.2. The molecule has 0 atom stereocenters. The third kappa shape index (κ3) is 3.27. The summed E-state index contributed by atoms with van der Waals surface area (Å²) in [7, 11) is 0. The smallest absolute Gasteiger partial charge is 0.295 e. The average molecular weight is 355 g/mol. The Morgan fingerprint density at radius 2 is 2.00 bits per heavy atom. The molecule has 1 aromatic heterocycles. The summed E-state index contributed by atoms with van der Waals surface area (Å²) in [6.07, 6.45) is 2.59. The fraction of sp³-hybridized carbons (Fsp3) is 0.118. The maximum atomic E-state index is 13.1. The number of benzene rings is 2. The Bertz CT molecular complexity index is 942. The first-order valence-electron chi connectivity index (χ1n) is 7.72. The Morgan fingerprint density at radius 1 is 1.27 bits per heavy atom. The number of amides is 1. The van der Waals surface area contributed by atoms with Crippen molar-refractivity contribution in [3.8, 4) is 5.69 Å². The third-order valence-electron chi connectivity index (χ3n) is 3.78. The van der Waals surface area contributed by atoms with E-state index in [1.165, 1.54) is 64.7 Å². The van der Waals surface area contributed by atoms with Gasteiger partial charge in [-0.25, -0.2) is 14.1 Å². The molecule has 3 aromatic rings. The number of nitro benzene ring substituents is 1. The van der Waals surface area contributed by atoms with Crippen molar-refractivity contribution in [2.45, 2.75) is 6.92 Å². The zero-order valence-electron chi connectivity index (χ0n) is 13.7. The predicted molar refractivity (Wildman–Crippen MR) is 91.8 cm³/mol. The molecule has 0 saturated heterocycles. The summed E-state index contributed by atoms with van der Waals surface area (Å²) in [6, 6.07) is 9.59. The quantitative estimate of drug-likeness (QED) is 0.518. The van der Waals surface area contributed by atoms with Gasteiger partial charge in [-0.2, -0.15) is 5.10 Å². The van der Waals surface area contributed by atoms with Gasteiger partial charge in [0, 0.05) is 23.9 Å². The van der Waals surface area contributed by atoms with Crippen LogP contribution in [0, 0.1) is 15.9 Å². The number of nitro groups is 1. The molecule has 0 saturated carbocycles. The van der Waals surface area contributed by atoms with Gasteiger partial charge in [0.2, 0.25) is 0 Å². The lowest BCUT2D eigenvalue weighted by molar-refractivity contribution is -0.384. The summed E-state index contributed by atoms with van der Waals surface area (Å²) in [6.45, 7) is 2.09. The standard InChI is InChI=1S/C17H14FN5O3/c1-2-21(14-6-4-13(18)5-7-14)17(24)12-3-8-15(16(9-12)23(25)26)22-11-19-10-20-22/h3-11H,2H2,1H3. The summed E-state index contributed by atoms with van der Waals surface area (Å²) >= 11 is 0. The number of carbonyl (C=O) groups excluding carboxylic acids is 1. The van der Waals surface area contributed by atoms with E-state index in [9.17, 15) is 19.3 Å². The monoisotopic (exact) mass is 355 g/mol. The normalized spacial score (nSPS) is 10.5. The van der Waals surface area contributed by atoms with Crippen LogP contribution in [0.15, 0.2) is 55.1 Å². The van der Waals surface area contributed by atoms with E-state index >= 15 is 0 Å². The van der Waals surface area contributed by atoms with Crippen LogP contribution in [0.1, 0.15) is 17.3 Å². The van der Waals surface area contributed by atoms with Crippen molar-refractivity contribution < 1.29 is 14.1 Å². The van der Waals surface area contributed by atoms with E-state index in [1.807, 2.05) is 0 Å². The maximum Gasteiger partial charge on any atom is 0.295 e. The second kappa shape index (κ2) is 7.09. The van der Waals surface area contributed by atoms with E-state index in [4.69, 9.17) is 0 Å². The van der Waals surface area contributed by atoms with Gasteiger partial charge in [-0.15, -0.1) is 0 Å². The number of hydrogen-bond donors (Lipinski definition) is 0. The van der Waals surface area contributed by atoms with Crippen LogP contribution in [0.25, 0.3) is 5.69 Å². The molecule has 1 heterocycles. The molecule has 0 aliphatic carbocycles. The lowest BCUT2D eigenvalue weighted by Gasteiger charge is -2.21. The summed E-state index contributed by atoms with van der Waals surface area (Å²) in [5.41, 5.74) is 0.582. The van der Waals surface area contributed by atoms with Crippen molar-refractivity contribution in [2.75, 3.05) is 11.4 Å². The molecular formula is C17H14FN5O3. The Morgan fingerprint density at radius 3 is 2.58 bits per heavy atom. The predicted octanol–water partition coefficient (Wildman–Crippen LogP) is 2.98. The van der Waals surface area contributed by atoms with Crippen LogP contribution in [-0.2, 0) is 0 Å². The molecule has 0 aliphatic rings. The fourth-order valence-electron chi connectivity index (χ4n) is 2.55. The molecule has 26 heavy (non-hydrogen) atoms. The number of aromatic nitrogens is 3. The van der Waals surface area contributed by atoms with Gasteiger partial charge in [0.05, 0.1) is 4.92 Å². The van der Waals surface area contributed by atoms with Crippen molar-refractivity contribution in [2.24, 2.45) is 0 Å². The first-order chi connectivity index (χ1) is 12.5. The minimum atomic E-state index is -0.581. The Labute approximate surface area is 147 Å². The molecule has 0 spiro atoms. The molecule has 2 aromatic carbocycles. The highest BCUT2D eigenvalue weighted by atomic mass is 19.1. The van der Waals surface area contributed by atoms with Crippen LogP contribution in [0.5, 0.6) is 0 Å². The van der Waals surface area contributed by atoms with Crippen molar-refractivity contribution in [1.82, 2.24) is 14.8 Å². The van der Waals surface area contributed by atoms with Crippen molar-refractivity contribution in [3.63, 3.8) is 0 Å². The lowest BCUT2D eigenvalue weighted by atomic mass is 10.1. The summed E-state index contributed by atoms with van der Waals surface area (Å²) in [5.74, 6) is -0.836. The van der Waals surface area contributed by atoms with E-state index < -0.39 is 16.6 Å². The second-order valence-corrected chi connectivity index (χ2v) is 5.33. The topological polar surface area (TPSA) is 94.2 Å². The average Bonchev–Trinajstić information content (AvgIpc) is 3.17. The number of anilines is 1. The fourth-order valence-corrected chi connectivity index (χ4v) is 2.55. The molecule has 0 fully saturated rings. The van der Waals surface area contributed by atoms with Gasteiger partial charge in [0.25, 0.3) is 11.6 Å². The molecular weight excluding hydrogens is 341 g/mol. The van der Waals surface area contributed by atoms with Crippen LogP contribution < -0.4 is 4.90 Å². The number of hydrogen-bond acceptors (Lipinski definition) is 5. The summed E-state index contributed by atoms with van der Waals surface area (Å²) in [4.78, 5) is 28.8. The van der Waals surface area contributed by atoms with Crippen molar-refractivity contribution >= 4 is 17.3 Å². The highest BCUT2D eigenvalue weighted by Gasteiger charge is 2.22. The molecule has 132 valence electrons. The van der Waals surface area contributed by atoms with Gasteiger partial charge in [-0.05, 0) is 43.3 Å². The second-order valence-electron chi connectivity index (χ2n) is 5.33. The van der Waals surface area contributed by atoms with Gasteiger partial charge in [0.1, 0.15) is 24.2 Å². The lowest BCUT2D eigenvalue weighted by Crippen LogP contribution is -2.30. The van der Waals surface area contributed by atoms with E-state index in [1.54, 1.807) is 6.92 Å². The highest BCUT2D eigenvalue weighted by Crippen LogP contribution is 2.25. The molecule has 9 heteroatoms. The molecule has 1 amide bonds. The van der Waals surface area contributed by atoms with Gasteiger partial charge in [-0.3, -0.25) is 14.9 Å². The number of nitrogens with zero attached hydrogens (tertiary/aromatic N) is 5. The zero-order chi connectivity index (χ0) is 18.7. The van der Waals surface area contributed by atoms with Crippen LogP contribution in [0.4, 0.5) is 15.8 Å². The summed E-state index contributed by atoms with van der Waals surface area (Å²) in [5, 5.41) is 15.3. The Kier molecular flexibility index (Phi) is 4.70. The largest absolute Gasteiger partial charge is 0.309 e.